The van der Waals surface area contributed by atoms with Crippen molar-refractivity contribution in [3.05, 3.63) is 24.2 Å². The number of likely N-dealkylation sites (tertiary alicyclic amines) is 1. The standard InChI is InChI=1S/C23H36N4O3.HI/c28-22(18-6-2-1-3-7-18)27-13-11-19(17-27)26-23(25-16-21-9-5-15-30-21)24-12-10-20-8-4-14-29-20;/h4,8,14,18-19,21H,1-3,5-7,9-13,15-17H2,(H2,24,25,26);1H. The first-order valence-corrected chi connectivity index (χ1v) is 11.8. The van der Waals surface area contributed by atoms with Gasteiger partial charge in [0.05, 0.1) is 18.9 Å². The molecule has 1 aromatic heterocycles. The lowest BCUT2D eigenvalue weighted by Crippen LogP contribution is -2.46. The number of furan rings is 1. The van der Waals surface area contributed by atoms with Gasteiger partial charge in [0.25, 0.3) is 0 Å². The molecular weight excluding hydrogens is 507 g/mol. The monoisotopic (exact) mass is 544 g/mol. The van der Waals surface area contributed by atoms with Gasteiger partial charge in [-0.25, -0.2) is 0 Å². The molecule has 2 aliphatic heterocycles. The Hall–Kier alpha value is -1.29. The third-order valence-corrected chi connectivity index (χ3v) is 6.52. The lowest BCUT2D eigenvalue weighted by atomic mass is 9.88. The summed E-state index contributed by atoms with van der Waals surface area (Å²) in [4.78, 5) is 19.7. The second-order valence-electron chi connectivity index (χ2n) is 8.83. The first kappa shape index (κ1) is 24.4. The molecular formula is C23H37IN4O3. The van der Waals surface area contributed by atoms with Crippen LogP contribution in [0.3, 0.4) is 0 Å². The van der Waals surface area contributed by atoms with E-state index in [9.17, 15) is 4.79 Å². The fourth-order valence-corrected chi connectivity index (χ4v) is 4.77. The van der Waals surface area contributed by atoms with Gasteiger partial charge in [-0.2, -0.15) is 0 Å². The molecule has 7 nitrogen and oxygen atoms in total. The summed E-state index contributed by atoms with van der Waals surface area (Å²) < 4.78 is 11.1. The molecule has 0 aromatic carbocycles. The first-order valence-electron chi connectivity index (χ1n) is 11.8. The Labute approximate surface area is 202 Å². The highest BCUT2D eigenvalue weighted by Gasteiger charge is 2.31. The SMILES string of the molecule is I.O=C(C1CCCCC1)N1CCC(NC(=NCC2CCCO2)NCCc2ccco2)C1. The fraction of sp³-hybridized carbons (Fsp3) is 0.739. The minimum absolute atomic E-state index is 0. The van der Waals surface area contributed by atoms with Crippen molar-refractivity contribution >= 4 is 35.8 Å². The van der Waals surface area contributed by atoms with Crippen molar-refractivity contribution in [2.75, 3.05) is 32.8 Å². The number of ether oxygens (including phenoxy) is 1. The van der Waals surface area contributed by atoms with Crippen LogP contribution in [0.15, 0.2) is 27.8 Å². The van der Waals surface area contributed by atoms with Crippen molar-refractivity contribution in [1.82, 2.24) is 15.5 Å². The Bertz CT molecular complexity index is 685. The average molecular weight is 544 g/mol. The van der Waals surface area contributed by atoms with Crippen molar-refractivity contribution in [3.63, 3.8) is 0 Å². The molecule has 1 aromatic rings. The molecule has 0 radical (unpaired) electrons. The van der Waals surface area contributed by atoms with Crippen LogP contribution in [0.4, 0.5) is 0 Å². The number of nitrogens with zero attached hydrogens (tertiary/aromatic N) is 2. The molecule has 2 N–H and O–H groups in total. The Morgan fingerprint density at radius 2 is 2.03 bits per heavy atom. The molecule has 3 fully saturated rings. The van der Waals surface area contributed by atoms with Gasteiger partial charge >= 0.3 is 0 Å². The summed E-state index contributed by atoms with van der Waals surface area (Å²) in [5, 5.41) is 7.00. The van der Waals surface area contributed by atoms with Gasteiger partial charge in [-0.1, -0.05) is 19.3 Å². The van der Waals surface area contributed by atoms with Crippen molar-refractivity contribution in [2.24, 2.45) is 10.9 Å². The maximum Gasteiger partial charge on any atom is 0.225 e. The van der Waals surface area contributed by atoms with E-state index < -0.39 is 0 Å². The van der Waals surface area contributed by atoms with Crippen LogP contribution < -0.4 is 10.6 Å². The van der Waals surface area contributed by atoms with E-state index >= 15 is 0 Å². The molecule has 31 heavy (non-hydrogen) atoms. The van der Waals surface area contributed by atoms with Crippen molar-refractivity contribution in [3.8, 4) is 0 Å². The number of carbonyl (C=O) groups is 1. The van der Waals surface area contributed by atoms with E-state index in [1.165, 1.54) is 19.3 Å². The van der Waals surface area contributed by atoms with Crippen molar-refractivity contribution in [1.29, 1.82) is 0 Å². The predicted molar refractivity (Wildman–Crippen MR) is 132 cm³/mol. The molecule has 2 unspecified atom stereocenters. The largest absolute Gasteiger partial charge is 0.469 e. The molecule has 1 saturated carbocycles. The van der Waals surface area contributed by atoms with Crippen LogP contribution >= 0.6 is 24.0 Å². The summed E-state index contributed by atoms with van der Waals surface area (Å²) in [5.41, 5.74) is 0. The molecule has 2 atom stereocenters. The number of hydrogen-bond donors (Lipinski definition) is 2. The van der Waals surface area contributed by atoms with E-state index in [1.54, 1.807) is 6.26 Å². The number of carbonyl (C=O) groups excluding carboxylic acids is 1. The zero-order chi connectivity index (χ0) is 20.6. The Morgan fingerprint density at radius 1 is 1.16 bits per heavy atom. The summed E-state index contributed by atoms with van der Waals surface area (Å²) in [6, 6.07) is 4.15. The lowest BCUT2D eigenvalue weighted by molar-refractivity contribution is -0.135. The highest BCUT2D eigenvalue weighted by atomic mass is 127. The number of halogens is 1. The summed E-state index contributed by atoms with van der Waals surface area (Å²) in [6.07, 6.45) is 11.7. The minimum atomic E-state index is 0. The number of rotatable bonds is 7. The predicted octanol–water partition coefficient (Wildman–Crippen LogP) is 3.34. The molecule has 174 valence electrons. The fourth-order valence-electron chi connectivity index (χ4n) is 4.77. The number of amides is 1. The zero-order valence-corrected chi connectivity index (χ0v) is 20.7. The normalized spacial score (nSPS) is 24.8. The molecule has 3 aliphatic rings. The summed E-state index contributed by atoms with van der Waals surface area (Å²) in [6.45, 7) is 3.89. The highest BCUT2D eigenvalue weighted by Crippen LogP contribution is 2.26. The number of nitrogens with one attached hydrogen (secondary N) is 2. The topological polar surface area (TPSA) is 79.1 Å². The number of aliphatic imine (C=N–C) groups is 1. The molecule has 1 aliphatic carbocycles. The Morgan fingerprint density at radius 3 is 2.77 bits per heavy atom. The quantitative estimate of drug-likeness (QED) is 0.313. The maximum atomic E-state index is 12.9. The summed E-state index contributed by atoms with van der Waals surface area (Å²) in [5.74, 6) is 2.39. The zero-order valence-electron chi connectivity index (χ0n) is 18.4. The third kappa shape index (κ3) is 7.37. The van der Waals surface area contributed by atoms with Crippen LogP contribution in [-0.2, 0) is 16.0 Å². The summed E-state index contributed by atoms with van der Waals surface area (Å²) >= 11 is 0. The van der Waals surface area contributed by atoms with Gasteiger partial charge in [-0.05, 0) is 44.2 Å². The van der Waals surface area contributed by atoms with Gasteiger partial charge < -0.3 is 24.7 Å². The van der Waals surface area contributed by atoms with Crippen LogP contribution in [0.2, 0.25) is 0 Å². The molecule has 0 bridgehead atoms. The molecule has 3 heterocycles. The van der Waals surface area contributed by atoms with E-state index in [0.29, 0.717) is 12.5 Å². The van der Waals surface area contributed by atoms with Crippen molar-refractivity contribution in [2.45, 2.75) is 69.9 Å². The molecule has 8 heteroatoms. The lowest BCUT2D eigenvalue weighted by Gasteiger charge is -2.26. The van der Waals surface area contributed by atoms with E-state index in [1.807, 2.05) is 12.1 Å². The Balaban J connectivity index is 0.00000272. The van der Waals surface area contributed by atoms with Gasteiger partial charge in [0, 0.05) is 44.6 Å². The molecule has 4 rings (SSSR count). The van der Waals surface area contributed by atoms with E-state index in [2.05, 4.69) is 15.5 Å². The molecule has 1 amide bonds. The smallest absolute Gasteiger partial charge is 0.225 e. The summed E-state index contributed by atoms with van der Waals surface area (Å²) in [7, 11) is 0. The van der Waals surface area contributed by atoms with Gasteiger partial charge in [-0.3, -0.25) is 9.79 Å². The maximum absolute atomic E-state index is 12.9. The first-order chi connectivity index (χ1) is 14.8. The number of guanidine groups is 1. The van der Waals surface area contributed by atoms with E-state index in [0.717, 1.165) is 76.5 Å². The van der Waals surface area contributed by atoms with Gasteiger partial charge in [0.2, 0.25) is 5.91 Å². The van der Waals surface area contributed by atoms with Crippen LogP contribution in [0, 0.1) is 5.92 Å². The van der Waals surface area contributed by atoms with Gasteiger partial charge in [-0.15, -0.1) is 24.0 Å². The Kier molecular flexibility index (Phi) is 9.95. The second kappa shape index (κ2) is 12.7. The van der Waals surface area contributed by atoms with E-state index in [4.69, 9.17) is 14.1 Å². The third-order valence-electron chi connectivity index (χ3n) is 6.52. The van der Waals surface area contributed by atoms with Gasteiger partial charge in [0.1, 0.15) is 5.76 Å². The average Bonchev–Trinajstić information content (AvgIpc) is 3.55. The van der Waals surface area contributed by atoms with Crippen LogP contribution in [0.1, 0.15) is 57.1 Å². The second-order valence-corrected chi connectivity index (χ2v) is 8.83. The van der Waals surface area contributed by atoms with Gasteiger partial charge in [0.15, 0.2) is 5.96 Å². The van der Waals surface area contributed by atoms with Crippen LogP contribution in [0.5, 0.6) is 0 Å². The molecule has 2 saturated heterocycles. The van der Waals surface area contributed by atoms with Crippen molar-refractivity contribution < 1.29 is 13.9 Å². The van der Waals surface area contributed by atoms with Crippen LogP contribution in [0.25, 0.3) is 0 Å². The minimum Gasteiger partial charge on any atom is -0.469 e. The number of hydrogen-bond acceptors (Lipinski definition) is 4. The highest BCUT2D eigenvalue weighted by molar-refractivity contribution is 14.0. The van der Waals surface area contributed by atoms with E-state index in [-0.39, 0.29) is 42.0 Å². The van der Waals surface area contributed by atoms with Crippen LogP contribution in [-0.4, -0.2) is 61.7 Å². The molecule has 0 spiro atoms.